The normalized spacial score (nSPS) is 11.9. The number of hydrogen-bond donors (Lipinski definition) is 2. The summed E-state index contributed by atoms with van der Waals surface area (Å²) in [6, 6.07) is 7.08. The SMILES string of the molecule is CC[C@@H](C)NC(=O)Nc1ccccc1Cl. The van der Waals surface area contributed by atoms with Crippen molar-refractivity contribution >= 4 is 23.3 Å². The number of anilines is 1. The zero-order valence-corrected chi connectivity index (χ0v) is 9.64. The predicted molar refractivity (Wildman–Crippen MR) is 63.4 cm³/mol. The van der Waals surface area contributed by atoms with Gasteiger partial charge in [0.15, 0.2) is 0 Å². The molecule has 0 heterocycles. The summed E-state index contributed by atoms with van der Waals surface area (Å²) in [4.78, 5) is 11.5. The molecule has 0 radical (unpaired) electrons. The summed E-state index contributed by atoms with van der Waals surface area (Å²) in [5, 5.41) is 6.03. The second-order valence-electron chi connectivity index (χ2n) is 3.39. The molecule has 0 unspecified atom stereocenters. The van der Waals surface area contributed by atoms with E-state index in [2.05, 4.69) is 10.6 Å². The first-order chi connectivity index (χ1) is 7.13. The van der Waals surface area contributed by atoms with E-state index in [1.807, 2.05) is 26.0 Å². The Morgan fingerprint density at radius 1 is 1.47 bits per heavy atom. The molecule has 0 aliphatic carbocycles. The molecule has 82 valence electrons. The number of para-hydroxylation sites is 1. The lowest BCUT2D eigenvalue weighted by Gasteiger charge is -2.13. The Kier molecular flexibility index (Phi) is 4.43. The second-order valence-corrected chi connectivity index (χ2v) is 3.79. The number of amides is 2. The lowest BCUT2D eigenvalue weighted by molar-refractivity contribution is 0.249. The maximum absolute atomic E-state index is 11.5. The van der Waals surface area contributed by atoms with Crippen LogP contribution in [0.4, 0.5) is 10.5 Å². The number of halogens is 1. The lowest BCUT2D eigenvalue weighted by atomic mass is 10.3. The van der Waals surface area contributed by atoms with Gasteiger partial charge in [0.25, 0.3) is 0 Å². The van der Waals surface area contributed by atoms with Crippen LogP contribution in [0.3, 0.4) is 0 Å². The summed E-state index contributed by atoms with van der Waals surface area (Å²) in [5.41, 5.74) is 0.625. The molecule has 0 saturated heterocycles. The van der Waals surface area contributed by atoms with E-state index >= 15 is 0 Å². The van der Waals surface area contributed by atoms with Crippen LogP contribution in [0.5, 0.6) is 0 Å². The van der Waals surface area contributed by atoms with Gasteiger partial charge in [0.2, 0.25) is 0 Å². The minimum Gasteiger partial charge on any atom is -0.335 e. The number of benzene rings is 1. The zero-order chi connectivity index (χ0) is 11.3. The molecule has 4 heteroatoms. The van der Waals surface area contributed by atoms with Gasteiger partial charge in [0, 0.05) is 6.04 Å². The van der Waals surface area contributed by atoms with Crippen molar-refractivity contribution in [2.24, 2.45) is 0 Å². The Hall–Kier alpha value is -1.22. The average molecular weight is 227 g/mol. The van der Waals surface area contributed by atoms with Gasteiger partial charge in [-0.15, -0.1) is 0 Å². The molecule has 0 fully saturated rings. The lowest BCUT2D eigenvalue weighted by Crippen LogP contribution is -2.35. The molecule has 2 N–H and O–H groups in total. The van der Waals surface area contributed by atoms with Gasteiger partial charge in [-0.3, -0.25) is 0 Å². The maximum atomic E-state index is 11.5. The van der Waals surface area contributed by atoms with Crippen molar-refractivity contribution < 1.29 is 4.79 Å². The van der Waals surface area contributed by atoms with Crippen LogP contribution in [0, 0.1) is 0 Å². The number of carbonyl (C=O) groups is 1. The Balaban J connectivity index is 2.55. The molecule has 1 atom stereocenters. The zero-order valence-electron chi connectivity index (χ0n) is 8.88. The number of rotatable bonds is 3. The van der Waals surface area contributed by atoms with Crippen LogP contribution in [-0.2, 0) is 0 Å². The van der Waals surface area contributed by atoms with Gasteiger partial charge in [0.05, 0.1) is 10.7 Å². The number of urea groups is 1. The van der Waals surface area contributed by atoms with Crippen LogP contribution in [0.15, 0.2) is 24.3 Å². The van der Waals surface area contributed by atoms with E-state index in [0.717, 1.165) is 6.42 Å². The molecule has 1 rings (SSSR count). The molecule has 1 aromatic carbocycles. The first-order valence-corrected chi connectivity index (χ1v) is 5.33. The molecule has 3 nitrogen and oxygen atoms in total. The quantitative estimate of drug-likeness (QED) is 0.816. The largest absolute Gasteiger partial charge is 0.335 e. The van der Waals surface area contributed by atoms with Crippen molar-refractivity contribution in [3.8, 4) is 0 Å². The van der Waals surface area contributed by atoms with Gasteiger partial charge in [-0.05, 0) is 25.5 Å². The van der Waals surface area contributed by atoms with E-state index < -0.39 is 0 Å². The molecule has 0 bridgehead atoms. The summed E-state index contributed by atoms with van der Waals surface area (Å²) in [6.45, 7) is 3.96. The van der Waals surface area contributed by atoms with E-state index in [0.29, 0.717) is 10.7 Å². The Bertz CT molecular complexity index is 341. The highest BCUT2D eigenvalue weighted by atomic mass is 35.5. The van der Waals surface area contributed by atoms with Crippen LogP contribution >= 0.6 is 11.6 Å². The summed E-state index contributed by atoms with van der Waals surface area (Å²) in [6.07, 6.45) is 0.899. The van der Waals surface area contributed by atoms with E-state index in [9.17, 15) is 4.79 Å². The third-order valence-electron chi connectivity index (χ3n) is 2.11. The highest BCUT2D eigenvalue weighted by Crippen LogP contribution is 2.20. The smallest absolute Gasteiger partial charge is 0.319 e. The third kappa shape index (κ3) is 3.80. The van der Waals surface area contributed by atoms with Gasteiger partial charge in [-0.2, -0.15) is 0 Å². The maximum Gasteiger partial charge on any atom is 0.319 e. The van der Waals surface area contributed by atoms with E-state index in [1.54, 1.807) is 12.1 Å². The third-order valence-corrected chi connectivity index (χ3v) is 2.44. The number of carbonyl (C=O) groups excluding carboxylic acids is 1. The summed E-state index contributed by atoms with van der Waals surface area (Å²) < 4.78 is 0. The monoisotopic (exact) mass is 226 g/mol. The second kappa shape index (κ2) is 5.61. The van der Waals surface area contributed by atoms with Gasteiger partial charge < -0.3 is 10.6 Å². The Morgan fingerprint density at radius 2 is 2.13 bits per heavy atom. The molecule has 2 amide bonds. The van der Waals surface area contributed by atoms with E-state index in [1.165, 1.54) is 0 Å². The molecular weight excluding hydrogens is 212 g/mol. The van der Waals surface area contributed by atoms with Crippen molar-refractivity contribution in [3.63, 3.8) is 0 Å². The molecule has 0 aliphatic heterocycles. The van der Waals surface area contributed by atoms with Crippen molar-refractivity contribution in [1.29, 1.82) is 0 Å². The van der Waals surface area contributed by atoms with Crippen molar-refractivity contribution in [3.05, 3.63) is 29.3 Å². The molecule has 15 heavy (non-hydrogen) atoms. The predicted octanol–water partition coefficient (Wildman–Crippen LogP) is 3.26. The fraction of sp³-hybridized carbons (Fsp3) is 0.364. The van der Waals surface area contributed by atoms with Crippen molar-refractivity contribution in [2.45, 2.75) is 26.3 Å². The van der Waals surface area contributed by atoms with Crippen molar-refractivity contribution in [2.75, 3.05) is 5.32 Å². The highest BCUT2D eigenvalue weighted by Gasteiger charge is 2.06. The van der Waals surface area contributed by atoms with Crippen LogP contribution in [0.1, 0.15) is 20.3 Å². The fourth-order valence-electron chi connectivity index (χ4n) is 1.05. The van der Waals surface area contributed by atoms with E-state index in [4.69, 9.17) is 11.6 Å². The fourth-order valence-corrected chi connectivity index (χ4v) is 1.23. The summed E-state index contributed by atoms with van der Waals surface area (Å²) >= 11 is 5.90. The van der Waals surface area contributed by atoms with Crippen LogP contribution in [0.2, 0.25) is 5.02 Å². The van der Waals surface area contributed by atoms with Gasteiger partial charge >= 0.3 is 6.03 Å². The van der Waals surface area contributed by atoms with E-state index in [-0.39, 0.29) is 12.1 Å². The summed E-state index contributed by atoms with van der Waals surface area (Å²) in [7, 11) is 0. The van der Waals surface area contributed by atoms with Crippen LogP contribution in [0.25, 0.3) is 0 Å². The Morgan fingerprint density at radius 3 is 2.73 bits per heavy atom. The first-order valence-electron chi connectivity index (χ1n) is 4.95. The van der Waals surface area contributed by atoms with Crippen LogP contribution < -0.4 is 10.6 Å². The molecule has 0 aromatic heterocycles. The van der Waals surface area contributed by atoms with Crippen molar-refractivity contribution in [1.82, 2.24) is 5.32 Å². The number of nitrogens with one attached hydrogen (secondary N) is 2. The highest BCUT2D eigenvalue weighted by molar-refractivity contribution is 6.33. The number of hydrogen-bond acceptors (Lipinski definition) is 1. The topological polar surface area (TPSA) is 41.1 Å². The average Bonchev–Trinajstić information content (AvgIpc) is 2.21. The van der Waals surface area contributed by atoms with Crippen LogP contribution in [-0.4, -0.2) is 12.1 Å². The minimum atomic E-state index is -0.225. The summed E-state index contributed by atoms with van der Waals surface area (Å²) in [5.74, 6) is 0. The van der Waals surface area contributed by atoms with Gasteiger partial charge in [0.1, 0.15) is 0 Å². The molecule has 0 spiro atoms. The van der Waals surface area contributed by atoms with Gasteiger partial charge in [-0.1, -0.05) is 30.7 Å². The molecule has 0 aliphatic rings. The minimum absolute atomic E-state index is 0.160. The first kappa shape index (κ1) is 11.9. The van der Waals surface area contributed by atoms with Gasteiger partial charge in [-0.25, -0.2) is 4.79 Å². The standard InChI is InChI=1S/C11H15ClN2O/c1-3-8(2)13-11(15)14-10-7-5-4-6-9(10)12/h4-8H,3H2,1-2H3,(H2,13,14,15)/t8-/m1/s1. The molecular formula is C11H15ClN2O. The molecule has 0 saturated carbocycles. The Labute approximate surface area is 94.8 Å². The molecule has 1 aromatic rings.